The van der Waals surface area contributed by atoms with Crippen molar-refractivity contribution < 1.29 is 4.42 Å². The summed E-state index contributed by atoms with van der Waals surface area (Å²) in [4.78, 5) is 7.07. The zero-order valence-electron chi connectivity index (χ0n) is 14.8. The number of piperidine rings is 1. The average molecular weight is 359 g/mol. The Morgan fingerprint density at radius 1 is 1.24 bits per heavy atom. The third-order valence-corrected chi connectivity index (χ3v) is 5.86. The van der Waals surface area contributed by atoms with Crippen LogP contribution in [0.4, 0.5) is 0 Å². The first-order valence-electron chi connectivity index (χ1n) is 9.34. The fourth-order valence-electron chi connectivity index (χ4n) is 4.33. The van der Waals surface area contributed by atoms with Crippen molar-refractivity contribution in [1.29, 1.82) is 0 Å². The van der Waals surface area contributed by atoms with E-state index >= 15 is 0 Å². The van der Waals surface area contributed by atoms with E-state index in [0.717, 1.165) is 36.0 Å². The number of H-pyrrole nitrogens is 1. The SMILES string of the molecule is Cc1ccc(/C=C/c2nc(=S)n(CN3CCCC4CCCCC43)[nH]2)o1. The smallest absolute Gasteiger partial charge is 0.217 e. The molecular weight excluding hydrogens is 332 g/mol. The molecule has 2 unspecified atom stereocenters. The molecule has 0 spiro atoms. The Morgan fingerprint density at radius 2 is 2.08 bits per heavy atom. The minimum Gasteiger partial charge on any atom is -0.462 e. The van der Waals surface area contributed by atoms with Gasteiger partial charge in [-0.3, -0.25) is 10.00 Å². The van der Waals surface area contributed by atoms with E-state index in [1.807, 2.05) is 35.9 Å². The van der Waals surface area contributed by atoms with E-state index < -0.39 is 0 Å². The van der Waals surface area contributed by atoms with Gasteiger partial charge in [-0.2, -0.15) is 4.98 Å². The molecule has 5 nitrogen and oxygen atoms in total. The molecule has 134 valence electrons. The molecule has 2 aliphatic rings. The van der Waals surface area contributed by atoms with Gasteiger partial charge in [0, 0.05) is 12.6 Å². The molecular formula is C19H26N4OS. The molecule has 0 amide bonds. The Morgan fingerprint density at radius 3 is 2.92 bits per heavy atom. The van der Waals surface area contributed by atoms with Crippen LogP contribution in [0.3, 0.4) is 0 Å². The highest BCUT2D eigenvalue weighted by molar-refractivity contribution is 7.71. The summed E-state index contributed by atoms with van der Waals surface area (Å²) in [7, 11) is 0. The lowest BCUT2D eigenvalue weighted by atomic mass is 9.78. The second-order valence-corrected chi connectivity index (χ2v) is 7.67. The van der Waals surface area contributed by atoms with Gasteiger partial charge >= 0.3 is 0 Å². The lowest BCUT2D eigenvalue weighted by molar-refractivity contribution is 0.0324. The highest BCUT2D eigenvalue weighted by atomic mass is 32.1. The van der Waals surface area contributed by atoms with Crippen molar-refractivity contribution in [2.45, 2.75) is 58.2 Å². The normalized spacial score (nSPS) is 24.7. The van der Waals surface area contributed by atoms with E-state index in [1.54, 1.807) is 0 Å². The number of rotatable bonds is 4. The highest BCUT2D eigenvalue weighted by Crippen LogP contribution is 2.35. The van der Waals surface area contributed by atoms with Crippen molar-refractivity contribution in [2.24, 2.45) is 5.92 Å². The first kappa shape index (κ1) is 16.8. The number of aryl methyl sites for hydroxylation is 1. The molecule has 6 heteroatoms. The van der Waals surface area contributed by atoms with E-state index in [9.17, 15) is 0 Å². The lowest BCUT2D eigenvalue weighted by Crippen LogP contribution is -2.47. The Labute approximate surface area is 153 Å². The molecule has 2 atom stereocenters. The Balaban J connectivity index is 1.46. The molecule has 0 radical (unpaired) electrons. The summed E-state index contributed by atoms with van der Waals surface area (Å²) in [6, 6.07) is 4.63. The standard InChI is InChI=1S/C19H26N4OS/c1-14-8-9-16(24-14)10-11-18-20-19(25)23(21-18)13-22-12-4-6-15-5-2-3-7-17(15)22/h8-11,15,17H,2-7,12-13H2,1H3,(H,20,21,25)/b11-10+. The van der Waals surface area contributed by atoms with Gasteiger partial charge in [-0.1, -0.05) is 12.8 Å². The van der Waals surface area contributed by atoms with E-state index in [4.69, 9.17) is 16.6 Å². The van der Waals surface area contributed by atoms with Crippen LogP contribution >= 0.6 is 12.2 Å². The van der Waals surface area contributed by atoms with Gasteiger partial charge in [-0.25, -0.2) is 4.68 Å². The van der Waals surface area contributed by atoms with Crippen LogP contribution in [0.1, 0.15) is 55.9 Å². The van der Waals surface area contributed by atoms with Gasteiger partial charge in [0.15, 0.2) is 0 Å². The van der Waals surface area contributed by atoms with Gasteiger partial charge in [0.1, 0.15) is 17.3 Å². The molecule has 4 rings (SSSR count). The molecule has 25 heavy (non-hydrogen) atoms. The van der Waals surface area contributed by atoms with Crippen LogP contribution in [0.5, 0.6) is 0 Å². The first-order chi connectivity index (χ1) is 12.2. The first-order valence-corrected chi connectivity index (χ1v) is 9.75. The largest absolute Gasteiger partial charge is 0.462 e. The summed E-state index contributed by atoms with van der Waals surface area (Å²) in [5.41, 5.74) is 0. The van der Waals surface area contributed by atoms with Crippen LogP contribution in [0.15, 0.2) is 16.5 Å². The summed E-state index contributed by atoms with van der Waals surface area (Å²) in [6.07, 6.45) is 12.0. The number of fused-ring (bicyclic) bond motifs is 1. The Kier molecular flexibility index (Phi) is 4.90. The van der Waals surface area contributed by atoms with E-state index in [-0.39, 0.29) is 0 Å². The number of nitrogens with zero attached hydrogens (tertiary/aromatic N) is 3. The number of nitrogens with one attached hydrogen (secondary N) is 1. The Bertz CT molecular complexity index is 800. The molecule has 2 aromatic heterocycles. The third-order valence-electron chi connectivity index (χ3n) is 5.54. The predicted molar refractivity (Wildman–Crippen MR) is 101 cm³/mol. The zero-order valence-corrected chi connectivity index (χ0v) is 15.6. The van der Waals surface area contributed by atoms with Crippen LogP contribution in [0.2, 0.25) is 0 Å². The fraction of sp³-hybridized carbons (Fsp3) is 0.579. The van der Waals surface area contributed by atoms with Gasteiger partial charge in [0.25, 0.3) is 0 Å². The summed E-state index contributed by atoms with van der Waals surface area (Å²) in [6.45, 7) is 3.93. The van der Waals surface area contributed by atoms with E-state index in [1.165, 1.54) is 45.1 Å². The van der Waals surface area contributed by atoms with E-state index in [0.29, 0.717) is 4.77 Å². The van der Waals surface area contributed by atoms with E-state index in [2.05, 4.69) is 15.0 Å². The lowest BCUT2D eigenvalue weighted by Gasteiger charge is -2.44. The molecule has 2 fully saturated rings. The molecule has 0 bridgehead atoms. The number of aromatic nitrogens is 3. The highest BCUT2D eigenvalue weighted by Gasteiger charge is 2.33. The minimum absolute atomic E-state index is 0.619. The molecule has 1 N–H and O–H groups in total. The van der Waals surface area contributed by atoms with Gasteiger partial charge in [0.2, 0.25) is 4.77 Å². The van der Waals surface area contributed by atoms with Gasteiger partial charge < -0.3 is 4.42 Å². The third kappa shape index (κ3) is 3.80. The Hall–Kier alpha value is -1.66. The molecule has 1 aliphatic heterocycles. The number of aromatic amines is 1. The maximum atomic E-state index is 5.55. The average Bonchev–Trinajstić information content (AvgIpc) is 3.19. The van der Waals surface area contributed by atoms with Crippen molar-refractivity contribution in [1.82, 2.24) is 19.7 Å². The second kappa shape index (κ2) is 7.30. The van der Waals surface area contributed by atoms with Crippen molar-refractivity contribution in [2.75, 3.05) is 6.54 Å². The number of hydrogen-bond acceptors (Lipinski definition) is 4. The summed E-state index contributed by atoms with van der Waals surface area (Å²) in [5, 5.41) is 3.33. The summed E-state index contributed by atoms with van der Waals surface area (Å²) in [5.74, 6) is 3.38. The molecule has 1 saturated carbocycles. The van der Waals surface area contributed by atoms with Crippen molar-refractivity contribution in [3.8, 4) is 0 Å². The molecule has 1 aliphatic carbocycles. The van der Waals surface area contributed by atoms with Crippen LogP contribution in [-0.2, 0) is 6.67 Å². The van der Waals surface area contributed by atoms with Gasteiger partial charge in [-0.05, 0) is 75.0 Å². The van der Waals surface area contributed by atoms with Crippen molar-refractivity contribution >= 4 is 24.4 Å². The fourth-order valence-corrected chi connectivity index (χ4v) is 4.54. The summed E-state index contributed by atoms with van der Waals surface area (Å²) >= 11 is 5.46. The van der Waals surface area contributed by atoms with Crippen LogP contribution in [0, 0.1) is 17.6 Å². The topological polar surface area (TPSA) is 50.0 Å². The molecule has 2 aromatic rings. The molecule has 3 heterocycles. The number of likely N-dealkylation sites (tertiary alicyclic amines) is 1. The van der Waals surface area contributed by atoms with Crippen LogP contribution in [0.25, 0.3) is 12.2 Å². The van der Waals surface area contributed by atoms with Gasteiger partial charge in [-0.15, -0.1) is 0 Å². The maximum absolute atomic E-state index is 5.55. The zero-order chi connectivity index (χ0) is 17.2. The summed E-state index contributed by atoms with van der Waals surface area (Å²) < 4.78 is 8.17. The molecule has 1 saturated heterocycles. The van der Waals surface area contributed by atoms with Crippen LogP contribution < -0.4 is 0 Å². The maximum Gasteiger partial charge on any atom is 0.217 e. The second-order valence-electron chi connectivity index (χ2n) is 7.31. The van der Waals surface area contributed by atoms with Crippen molar-refractivity contribution in [3.05, 3.63) is 34.2 Å². The van der Waals surface area contributed by atoms with Crippen molar-refractivity contribution in [3.63, 3.8) is 0 Å². The predicted octanol–water partition coefficient (Wildman–Crippen LogP) is 4.62. The number of hydrogen-bond donors (Lipinski definition) is 1. The minimum atomic E-state index is 0.619. The molecule has 0 aromatic carbocycles. The quantitative estimate of drug-likeness (QED) is 0.810. The van der Waals surface area contributed by atoms with Crippen LogP contribution in [-0.4, -0.2) is 32.3 Å². The van der Waals surface area contributed by atoms with Gasteiger partial charge in [0.05, 0.1) is 6.67 Å². The number of furan rings is 1. The monoisotopic (exact) mass is 358 g/mol.